The number of carbonyl (C=O) groups is 1. The molecule has 0 unspecified atom stereocenters. The summed E-state index contributed by atoms with van der Waals surface area (Å²) in [6, 6.07) is 36.6. The minimum Gasteiger partial charge on any atom is -0.269 e. The molecule has 36 heavy (non-hydrogen) atoms. The van der Waals surface area contributed by atoms with Crippen LogP contribution in [0.15, 0.2) is 125 Å². The topological polar surface area (TPSA) is 48.3 Å². The summed E-state index contributed by atoms with van der Waals surface area (Å²) in [5.41, 5.74) is 2.59. The molecule has 2 heterocycles. The van der Waals surface area contributed by atoms with Gasteiger partial charge in [0.1, 0.15) is 10.3 Å². The normalized spacial score (nSPS) is 21.2. The standard InChI is InChI=1S/C29H20BrClN4O/c30-27-25(20-16-18-22(31)19-17-20)29(35(33-27)24-14-8-3-9-15-24)26(21-10-4-1-5-11-21)32-34(28(29)36)23-12-6-2-7-13-23/h1-19,25H/t25-,29-/m0/s1. The first-order valence-corrected chi connectivity index (χ1v) is 12.7. The molecule has 4 aromatic carbocycles. The second-order valence-electron chi connectivity index (χ2n) is 8.59. The fourth-order valence-electron chi connectivity index (χ4n) is 4.94. The van der Waals surface area contributed by atoms with E-state index in [9.17, 15) is 4.79 Å². The number of amides is 1. The van der Waals surface area contributed by atoms with E-state index in [-0.39, 0.29) is 5.91 Å². The maximum Gasteiger partial charge on any atom is 0.282 e. The fraction of sp³-hybridized carbons (Fsp3) is 0.0690. The summed E-state index contributed by atoms with van der Waals surface area (Å²) in [4.78, 5) is 14.7. The molecular weight excluding hydrogens is 536 g/mol. The van der Waals surface area contributed by atoms with Crippen molar-refractivity contribution in [2.45, 2.75) is 11.5 Å². The highest BCUT2D eigenvalue weighted by Crippen LogP contribution is 2.50. The van der Waals surface area contributed by atoms with E-state index in [4.69, 9.17) is 21.8 Å². The lowest BCUT2D eigenvalue weighted by Gasteiger charge is -2.38. The highest BCUT2D eigenvalue weighted by Gasteiger charge is 2.65. The van der Waals surface area contributed by atoms with Crippen molar-refractivity contribution in [1.29, 1.82) is 0 Å². The third kappa shape index (κ3) is 3.48. The Hall–Kier alpha value is -3.74. The number of benzene rings is 4. The van der Waals surface area contributed by atoms with Crippen LogP contribution in [0.5, 0.6) is 0 Å². The molecule has 6 rings (SSSR count). The average Bonchev–Trinajstić information content (AvgIpc) is 3.40. The zero-order chi connectivity index (χ0) is 24.7. The van der Waals surface area contributed by atoms with Gasteiger partial charge in [0, 0.05) is 10.6 Å². The van der Waals surface area contributed by atoms with Crippen LogP contribution in [-0.2, 0) is 4.79 Å². The zero-order valence-corrected chi connectivity index (χ0v) is 21.3. The van der Waals surface area contributed by atoms with Gasteiger partial charge in [0.2, 0.25) is 5.54 Å². The number of para-hydroxylation sites is 2. The van der Waals surface area contributed by atoms with Crippen molar-refractivity contribution in [2.75, 3.05) is 10.0 Å². The first kappa shape index (κ1) is 22.7. The maximum absolute atomic E-state index is 14.7. The van der Waals surface area contributed by atoms with Crippen LogP contribution in [0.3, 0.4) is 0 Å². The van der Waals surface area contributed by atoms with E-state index >= 15 is 0 Å². The summed E-state index contributed by atoms with van der Waals surface area (Å²) < 4.78 is 0.639. The smallest absolute Gasteiger partial charge is 0.269 e. The molecule has 0 aliphatic carbocycles. The van der Waals surface area contributed by atoms with Crippen LogP contribution in [0.25, 0.3) is 0 Å². The van der Waals surface area contributed by atoms with Gasteiger partial charge in [-0.25, -0.2) is 5.01 Å². The van der Waals surface area contributed by atoms with Crippen molar-refractivity contribution in [3.63, 3.8) is 0 Å². The van der Waals surface area contributed by atoms with Gasteiger partial charge in [-0.15, -0.1) is 0 Å². The van der Waals surface area contributed by atoms with Crippen LogP contribution in [0.4, 0.5) is 11.4 Å². The molecule has 5 nitrogen and oxygen atoms in total. The number of hydrogen-bond donors (Lipinski definition) is 0. The van der Waals surface area contributed by atoms with Crippen LogP contribution in [0.1, 0.15) is 17.0 Å². The fourth-order valence-corrected chi connectivity index (χ4v) is 5.83. The zero-order valence-electron chi connectivity index (χ0n) is 19.0. The van der Waals surface area contributed by atoms with Gasteiger partial charge in [0.15, 0.2) is 0 Å². The average molecular weight is 556 g/mol. The lowest BCUT2D eigenvalue weighted by atomic mass is 9.74. The Morgan fingerprint density at radius 2 is 1.28 bits per heavy atom. The summed E-state index contributed by atoms with van der Waals surface area (Å²) in [5, 5.41) is 13.9. The highest BCUT2D eigenvalue weighted by molar-refractivity contribution is 9.18. The Morgan fingerprint density at radius 1 is 0.722 bits per heavy atom. The molecule has 176 valence electrons. The minimum atomic E-state index is -1.27. The Labute approximate surface area is 222 Å². The number of anilines is 2. The van der Waals surface area contributed by atoms with Gasteiger partial charge in [0.25, 0.3) is 5.91 Å². The van der Waals surface area contributed by atoms with Crippen molar-refractivity contribution < 1.29 is 4.79 Å². The summed E-state index contributed by atoms with van der Waals surface area (Å²) in [5.74, 6) is -0.648. The van der Waals surface area contributed by atoms with Crippen molar-refractivity contribution in [3.05, 3.63) is 131 Å². The number of halogens is 2. The second kappa shape index (κ2) is 9.04. The Kier molecular flexibility index (Phi) is 5.70. The van der Waals surface area contributed by atoms with Gasteiger partial charge in [-0.1, -0.05) is 90.5 Å². The van der Waals surface area contributed by atoms with E-state index in [0.29, 0.717) is 21.0 Å². The minimum absolute atomic E-state index is 0.186. The third-order valence-electron chi connectivity index (χ3n) is 6.52. The van der Waals surface area contributed by atoms with Crippen LogP contribution in [-0.4, -0.2) is 21.8 Å². The van der Waals surface area contributed by atoms with Crippen molar-refractivity contribution in [3.8, 4) is 0 Å². The molecule has 4 aromatic rings. The molecule has 0 saturated carbocycles. The number of nitrogens with zero attached hydrogens (tertiary/aromatic N) is 4. The monoisotopic (exact) mass is 554 g/mol. The van der Waals surface area contributed by atoms with Crippen LogP contribution < -0.4 is 10.0 Å². The van der Waals surface area contributed by atoms with E-state index in [1.54, 1.807) is 0 Å². The largest absolute Gasteiger partial charge is 0.282 e. The molecule has 0 radical (unpaired) electrons. The number of hydrazone groups is 2. The summed E-state index contributed by atoms with van der Waals surface area (Å²) in [6.45, 7) is 0. The van der Waals surface area contributed by atoms with E-state index in [1.807, 2.05) is 120 Å². The Morgan fingerprint density at radius 3 is 1.89 bits per heavy atom. The molecule has 0 N–H and O–H groups in total. The molecule has 2 atom stereocenters. The van der Waals surface area contributed by atoms with Gasteiger partial charge < -0.3 is 0 Å². The molecule has 0 bridgehead atoms. The Balaban J connectivity index is 1.65. The number of hydrogen-bond acceptors (Lipinski definition) is 4. The summed E-state index contributed by atoms with van der Waals surface area (Å²) in [6.07, 6.45) is 0. The molecule has 2 aliphatic rings. The van der Waals surface area contributed by atoms with Crippen LogP contribution in [0, 0.1) is 0 Å². The van der Waals surface area contributed by atoms with E-state index < -0.39 is 11.5 Å². The highest BCUT2D eigenvalue weighted by atomic mass is 79.9. The van der Waals surface area contributed by atoms with Crippen molar-refractivity contribution in [1.82, 2.24) is 0 Å². The number of rotatable bonds is 4. The molecule has 0 fully saturated rings. The SMILES string of the molecule is O=C1N(c2ccccc2)N=C(c2ccccc2)[C@@]12[C@@H](c1ccc(Cl)cc1)C(Br)=NN2c1ccccc1. The van der Waals surface area contributed by atoms with Gasteiger partial charge in [-0.2, -0.15) is 15.2 Å². The molecule has 1 spiro atoms. The second-order valence-corrected chi connectivity index (χ2v) is 9.84. The molecular formula is C29H20BrClN4O. The molecule has 2 aliphatic heterocycles. The van der Waals surface area contributed by atoms with Gasteiger partial charge >= 0.3 is 0 Å². The Bertz CT molecular complexity index is 1480. The van der Waals surface area contributed by atoms with Crippen LogP contribution in [0.2, 0.25) is 5.02 Å². The van der Waals surface area contributed by atoms with E-state index in [2.05, 4.69) is 15.9 Å². The molecule has 1 amide bonds. The molecule has 7 heteroatoms. The van der Waals surface area contributed by atoms with Crippen LogP contribution >= 0.6 is 27.5 Å². The first-order valence-electron chi connectivity index (χ1n) is 11.5. The van der Waals surface area contributed by atoms with Gasteiger partial charge in [-0.05, 0) is 57.9 Å². The third-order valence-corrected chi connectivity index (χ3v) is 7.39. The van der Waals surface area contributed by atoms with Crippen molar-refractivity contribution >= 4 is 55.1 Å². The quantitative estimate of drug-likeness (QED) is 0.277. The summed E-state index contributed by atoms with van der Waals surface area (Å²) >= 11 is 9.97. The van der Waals surface area contributed by atoms with Gasteiger partial charge in [0.05, 0.1) is 17.3 Å². The van der Waals surface area contributed by atoms with E-state index in [0.717, 1.165) is 16.8 Å². The van der Waals surface area contributed by atoms with Gasteiger partial charge in [-0.3, -0.25) is 4.79 Å². The lowest BCUT2D eigenvalue weighted by molar-refractivity contribution is -0.120. The first-order chi connectivity index (χ1) is 17.6. The molecule has 0 saturated heterocycles. The predicted octanol–water partition coefficient (Wildman–Crippen LogP) is 6.84. The maximum atomic E-state index is 14.7. The predicted molar refractivity (Wildman–Crippen MR) is 149 cm³/mol. The number of carbonyl (C=O) groups excluding carboxylic acids is 1. The summed E-state index contributed by atoms with van der Waals surface area (Å²) in [7, 11) is 0. The van der Waals surface area contributed by atoms with Crippen molar-refractivity contribution in [2.24, 2.45) is 10.2 Å². The molecule has 0 aromatic heterocycles. The lowest BCUT2D eigenvalue weighted by Crippen LogP contribution is -2.60. The van der Waals surface area contributed by atoms with E-state index in [1.165, 1.54) is 5.01 Å².